The fraction of sp³-hybridized carbons (Fsp3) is 0.182. The molecule has 3 nitrogen and oxygen atoms in total. The summed E-state index contributed by atoms with van der Waals surface area (Å²) < 4.78 is 7.64. The smallest absolute Gasteiger partial charge is 0.371 e. The lowest BCUT2D eigenvalue weighted by molar-refractivity contribution is -0.135. The second-order valence-electron chi connectivity index (χ2n) is 3.06. The normalized spacial score (nSPS) is 11.4. The van der Waals surface area contributed by atoms with Gasteiger partial charge in [0.15, 0.2) is 0 Å². The van der Waals surface area contributed by atoms with E-state index in [2.05, 4.69) is 47.8 Å². The first kappa shape index (κ1) is 14.7. The van der Waals surface area contributed by atoms with Crippen LogP contribution in [0.25, 0.3) is 0 Å². The maximum Gasteiger partial charge on any atom is 0.371 e. The molecule has 6 heteroatoms. The Hall–Kier alpha value is -0.330. The SMILES string of the molecule is CC/C=C(/Oc1ccc(Br)c(Br)c1Br)C(=O)O. The van der Waals surface area contributed by atoms with Crippen LogP contribution in [0.4, 0.5) is 0 Å². The Kier molecular flexibility index (Phi) is 5.69. The molecule has 0 spiro atoms. The van der Waals surface area contributed by atoms with Gasteiger partial charge in [0.25, 0.3) is 0 Å². The van der Waals surface area contributed by atoms with Gasteiger partial charge in [0.2, 0.25) is 5.76 Å². The van der Waals surface area contributed by atoms with Crippen molar-refractivity contribution in [1.29, 1.82) is 0 Å². The van der Waals surface area contributed by atoms with E-state index in [1.165, 1.54) is 6.08 Å². The fourth-order valence-corrected chi connectivity index (χ4v) is 2.41. The van der Waals surface area contributed by atoms with Crippen LogP contribution in [0, 0.1) is 0 Å². The lowest BCUT2D eigenvalue weighted by atomic mass is 10.3. The number of carbonyl (C=O) groups is 1. The largest absolute Gasteiger partial charge is 0.475 e. The van der Waals surface area contributed by atoms with E-state index in [0.717, 1.165) is 8.95 Å². The Morgan fingerprint density at radius 1 is 1.35 bits per heavy atom. The van der Waals surface area contributed by atoms with Crippen LogP contribution in [0.3, 0.4) is 0 Å². The number of carboxylic acids is 1. The molecule has 1 rings (SSSR count). The zero-order valence-corrected chi connectivity index (χ0v) is 13.6. The number of hydrogen-bond acceptors (Lipinski definition) is 2. The first-order valence-electron chi connectivity index (χ1n) is 4.72. The summed E-state index contributed by atoms with van der Waals surface area (Å²) in [5, 5.41) is 8.95. The lowest BCUT2D eigenvalue weighted by Crippen LogP contribution is -2.08. The first-order chi connectivity index (χ1) is 7.97. The standard InChI is InChI=1S/C11H9Br3O3/c1-2-3-8(11(15)16)17-7-5-4-6(12)9(13)10(7)14/h3-5H,2H2,1H3,(H,15,16)/b8-3+. The molecule has 0 aromatic heterocycles. The number of carboxylic acid groups (broad SMARTS) is 1. The predicted octanol–water partition coefficient (Wildman–Crippen LogP) is 4.73. The summed E-state index contributed by atoms with van der Waals surface area (Å²) >= 11 is 10.0. The van der Waals surface area contributed by atoms with Crippen LogP contribution in [0.2, 0.25) is 0 Å². The maximum absolute atomic E-state index is 10.9. The van der Waals surface area contributed by atoms with Crippen LogP contribution in [-0.4, -0.2) is 11.1 Å². The maximum atomic E-state index is 10.9. The highest BCUT2D eigenvalue weighted by atomic mass is 79.9. The molecular formula is C11H9Br3O3. The molecule has 0 unspecified atom stereocenters. The minimum absolute atomic E-state index is 0.0811. The third-order valence-corrected chi connectivity index (χ3v) is 5.16. The molecule has 0 bridgehead atoms. The van der Waals surface area contributed by atoms with Crippen molar-refractivity contribution < 1.29 is 14.6 Å². The number of halogens is 3. The summed E-state index contributed by atoms with van der Waals surface area (Å²) in [6.45, 7) is 1.85. The second-order valence-corrected chi connectivity index (χ2v) is 5.50. The van der Waals surface area contributed by atoms with Crippen molar-refractivity contribution in [3.63, 3.8) is 0 Å². The van der Waals surface area contributed by atoms with E-state index in [-0.39, 0.29) is 5.76 Å². The zero-order valence-electron chi connectivity index (χ0n) is 8.84. The van der Waals surface area contributed by atoms with Crippen molar-refractivity contribution in [1.82, 2.24) is 0 Å². The van der Waals surface area contributed by atoms with E-state index in [4.69, 9.17) is 9.84 Å². The third-order valence-electron chi connectivity index (χ3n) is 1.82. The zero-order chi connectivity index (χ0) is 13.0. The van der Waals surface area contributed by atoms with Gasteiger partial charge in [0.05, 0.1) is 4.47 Å². The van der Waals surface area contributed by atoms with Crippen molar-refractivity contribution in [2.24, 2.45) is 0 Å². The Morgan fingerprint density at radius 3 is 2.53 bits per heavy atom. The molecule has 1 aromatic rings. The molecule has 0 amide bonds. The van der Waals surface area contributed by atoms with E-state index in [9.17, 15) is 4.79 Å². The number of hydrogen-bond donors (Lipinski definition) is 1. The lowest BCUT2D eigenvalue weighted by Gasteiger charge is -2.10. The Morgan fingerprint density at radius 2 is 2.00 bits per heavy atom. The van der Waals surface area contributed by atoms with Gasteiger partial charge in [-0.05, 0) is 72.4 Å². The summed E-state index contributed by atoms with van der Waals surface area (Å²) in [6, 6.07) is 3.46. The molecule has 0 heterocycles. The van der Waals surface area contributed by atoms with Crippen LogP contribution >= 0.6 is 47.8 Å². The van der Waals surface area contributed by atoms with E-state index in [1.807, 2.05) is 6.92 Å². The van der Waals surface area contributed by atoms with Gasteiger partial charge in [-0.2, -0.15) is 0 Å². The Bertz CT molecular complexity index is 469. The number of rotatable bonds is 4. The fourth-order valence-electron chi connectivity index (χ4n) is 1.06. The van der Waals surface area contributed by atoms with Crippen LogP contribution in [0.15, 0.2) is 37.4 Å². The summed E-state index contributed by atoms with van der Waals surface area (Å²) in [5.74, 6) is -0.720. The van der Waals surface area contributed by atoms with Gasteiger partial charge < -0.3 is 9.84 Å². The van der Waals surface area contributed by atoms with Crippen molar-refractivity contribution in [3.8, 4) is 5.75 Å². The van der Waals surface area contributed by atoms with E-state index >= 15 is 0 Å². The minimum Gasteiger partial charge on any atom is -0.475 e. The Labute approximate surface area is 124 Å². The van der Waals surface area contributed by atoms with Gasteiger partial charge in [-0.1, -0.05) is 6.92 Å². The van der Waals surface area contributed by atoms with Gasteiger partial charge in [-0.3, -0.25) is 0 Å². The topological polar surface area (TPSA) is 46.5 Å². The highest BCUT2D eigenvalue weighted by molar-refractivity contribution is 9.14. The molecule has 92 valence electrons. The minimum atomic E-state index is -1.09. The predicted molar refractivity (Wildman–Crippen MR) is 76.2 cm³/mol. The molecular weight excluding hydrogens is 420 g/mol. The first-order valence-corrected chi connectivity index (χ1v) is 7.10. The molecule has 0 fully saturated rings. The Balaban J connectivity index is 3.07. The van der Waals surface area contributed by atoms with Crippen LogP contribution in [-0.2, 0) is 4.79 Å². The molecule has 0 aliphatic carbocycles. The number of aliphatic carboxylic acids is 1. The van der Waals surface area contributed by atoms with Crippen LogP contribution < -0.4 is 4.74 Å². The van der Waals surface area contributed by atoms with E-state index < -0.39 is 5.97 Å². The van der Waals surface area contributed by atoms with Gasteiger partial charge in [-0.15, -0.1) is 0 Å². The number of ether oxygens (including phenoxy) is 1. The summed E-state index contributed by atoms with van der Waals surface area (Å²) in [6.07, 6.45) is 2.11. The average molecular weight is 429 g/mol. The molecule has 0 saturated carbocycles. The number of benzene rings is 1. The van der Waals surface area contributed by atoms with E-state index in [1.54, 1.807) is 12.1 Å². The molecule has 0 aliphatic heterocycles. The van der Waals surface area contributed by atoms with Crippen LogP contribution in [0.1, 0.15) is 13.3 Å². The van der Waals surface area contributed by atoms with Crippen molar-refractivity contribution in [2.75, 3.05) is 0 Å². The monoisotopic (exact) mass is 426 g/mol. The van der Waals surface area contributed by atoms with Gasteiger partial charge >= 0.3 is 5.97 Å². The number of allylic oxidation sites excluding steroid dienone is 1. The molecule has 1 N–H and O–H groups in total. The highest BCUT2D eigenvalue weighted by Gasteiger charge is 2.14. The molecule has 1 aromatic carbocycles. The molecule has 0 radical (unpaired) electrons. The third kappa shape index (κ3) is 3.82. The van der Waals surface area contributed by atoms with Gasteiger partial charge in [-0.25, -0.2) is 4.79 Å². The highest BCUT2D eigenvalue weighted by Crippen LogP contribution is 2.38. The molecule has 0 aliphatic rings. The van der Waals surface area contributed by atoms with Gasteiger partial charge in [0, 0.05) is 8.95 Å². The van der Waals surface area contributed by atoms with Gasteiger partial charge in [0.1, 0.15) is 5.75 Å². The van der Waals surface area contributed by atoms with Crippen molar-refractivity contribution in [2.45, 2.75) is 13.3 Å². The summed E-state index contributed by atoms with van der Waals surface area (Å²) in [7, 11) is 0. The second kappa shape index (κ2) is 6.56. The quantitative estimate of drug-likeness (QED) is 0.428. The summed E-state index contributed by atoms with van der Waals surface area (Å²) in [5.41, 5.74) is 0. The molecule has 0 saturated heterocycles. The molecule has 17 heavy (non-hydrogen) atoms. The van der Waals surface area contributed by atoms with E-state index in [0.29, 0.717) is 16.6 Å². The van der Waals surface area contributed by atoms with Crippen molar-refractivity contribution >= 4 is 53.8 Å². The summed E-state index contributed by atoms with van der Waals surface area (Å²) in [4.78, 5) is 10.9. The van der Waals surface area contributed by atoms with Crippen LogP contribution in [0.5, 0.6) is 5.75 Å². The average Bonchev–Trinajstić information content (AvgIpc) is 2.28. The van der Waals surface area contributed by atoms with Crippen molar-refractivity contribution in [3.05, 3.63) is 37.4 Å². The molecule has 0 atom stereocenters.